The Morgan fingerprint density at radius 2 is 2.06 bits per heavy atom. The van der Waals surface area contributed by atoms with Crippen LogP contribution in [0.5, 0.6) is 0 Å². The van der Waals surface area contributed by atoms with E-state index in [2.05, 4.69) is 35.0 Å². The van der Waals surface area contributed by atoms with E-state index in [-0.39, 0.29) is 0 Å². The summed E-state index contributed by atoms with van der Waals surface area (Å²) in [6, 6.07) is 6.13. The van der Waals surface area contributed by atoms with Crippen molar-refractivity contribution in [2.24, 2.45) is 0 Å². The zero-order valence-corrected chi connectivity index (χ0v) is 11.0. The van der Waals surface area contributed by atoms with Gasteiger partial charge in [0.05, 0.1) is 0 Å². The van der Waals surface area contributed by atoms with Crippen LogP contribution >= 0.6 is 12.6 Å². The normalized spacial score (nSPS) is 17.2. The van der Waals surface area contributed by atoms with E-state index in [0.717, 1.165) is 30.1 Å². The lowest BCUT2D eigenvalue weighted by atomic mass is 10.1. The molecule has 94 valence electrons. The van der Waals surface area contributed by atoms with Crippen molar-refractivity contribution < 1.29 is 0 Å². The Hall–Kier alpha value is -0.710. The Kier molecular flexibility index (Phi) is 4.71. The van der Waals surface area contributed by atoms with E-state index in [0.29, 0.717) is 0 Å². The van der Waals surface area contributed by atoms with Gasteiger partial charge in [0.2, 0.25) is 0 Å². The molecule has 0 unspecified atom stereocenters. The second-order valence-electron chi connectivity index (χ2n) is 4.59. The molecule has 1 aromatic rings. The lowest BCUT2D eigenvalue weighted by Gasteiger charge is -2.27. The summed E-state index contributed by atoms with van der Waals surface area (Å²) < 4.78 is 0. The van der Waals surface area contributed by atoms with Gasteiger partial charge in [-0.3, -0.25) is 0 Å². The lowest BCUT2D eigenvalue weighted by molar-refractivity contribution is 0.238. The van der Waals surface area contributed by atoms with Crippen LogP contribution in [0.15, 0.2) is 23.1 Å². The number of nitrogens with two attached hydrogens (primary N) is 1. The van der Waals surface area contributed by atoms with Gasteiger partial charge in [-0.25, -0.2) is 0 Å². The average Bonchev–Trinajstić information content (AvgIpc) is 2.35. The second-order valence-corrected chi connectivity index (χ2v) is 5.07. The molecule has 3 nitrogen and oxygen atoms in total. The van der Waals surface area contributed by atoms with E-state index < -0.39 is 0 Å². The van der Waals surface area contributed by atoms with Crippen LogP contribution in [0.1, 0.15) is 12.0 Å². The van der Waals surface area contributed by atoms with Crippen LogP contribution in [-0.2, 0) is 6.42 Å². The van der Waals surface area contributed by atoms with Crippen molar-refractivity contribution in [2.45, 2.75) is 17.7 Å². The molecule has 0 saturated carbocycles. The first-order valence-corrected chi connectivity index (χ1v) is 6.71. The summed E-state index contributed by atoms with van der Waals surface area (Å²) in [4.78, 5) is 3.42. The molecule has 0 radical (unpaired) electrons. The molecule has 0 amide bonds. The quantitative estimate of drug-likeness (QED) is 0.559. The van der Waals surface area contributed by atoms with Crippen molar-refractivity contribution in [1.82, 2.24) is 10.2 Å². The standard InChI is InChI=1S/C13H21N3S/c14-12-4-3-11(10-13(12)17)2-1-7-16-8-5-15-6-9-16/h3-4,10,15,17H,1-2,5-9,14H2. The fourth-order valence-electron chi connectivity index (χ4n) is 2.19. The molecule has 3 N–H and O–H groups in total. The zero-order valence-electron chi connectivity index (χ0n) is 10.2. The SMILES string of the molecule is Nc1ccc(CCCN2CCNCC2)cc1S. The maximum Gasteiger partial charge on any atom is 0.0449 e. The highest BCUT2D eigenvalue weighted by Crippen LogP contribution is 2.18. The largest absolute Gasteiger partial charge is 0.398 e. The summed E-state index contributed by atoms with van der Waals surface area (Å²) >= 11 is 4.35. The Labute approximate surface area is 109 Å². The number of rotatable bonds is 4. The predicted molar refractivity (Wildman–Crippen MR) is 75.7 cm³/mol. The molecule has 1 aliphatic heterocycles. The smallest absolute Gasteiger partial charge is 0.0449 e. The molecule has 1 aromatic carbocycles. The summed E-state index contributed by atoms with van der Waals surface area (Å²) in [6.07, 6.45) is 2.31. The van der Waals surface area contributed by atoms with Gasteiger partial charge < -0.3 is 16.0 Å². The first-order chi connectivity index (χ1) is 8.25. The van der Waals surface area contributed by atoms with Gasteiger partial charge >= 0.3 is 0 Å². The van der Waals surface area contributed by atoms with Gasteiger partial charge in [-0.2, -0.15) is 0 Å². The highest BCUT2D eigenvalue weighted by Gasteiger charge is 2.08. The van der Waals surface area contributed by atoms with E-state index in [1.165, 1.54) is 31.6 Å². The highest BCUT2D eigenvalue weighted by molar-refractivity contribution is 7.80. The van der Waals surface area contributed by atoms with E-state index >= 15 is 0 Å². The van der Waals surface area contributed by atoms with Crippen molar-refractivity contribution >= 4 is 18.3 Å². The molecule has 0 spiro atoms. The number of nitrogens with zero attached hydrogens (tertiary/aromatic N) is 1. The van der Waals surface area contributed by atoms with Crippen molar-refractivity contribution in [3.05, 3.63) is 23.8 Å². The number of anilines is 1. The Morgan fingerprint density at radius 3 is 2.76 bits per heavy atom. The predicted octanol–water partition coefficient (Wildman–Crippen LogP) is 1.40. The molecular weight excluding hydrogens is 230 g/mol. The Morgan fingerprint density at radius 1 is 1.29 bits per heavy atom. The van der Waals surface area contributed by atoms with Crippen molar-refractivity contribution in [3.63, 3.8) is 0 Å². The molecule has 0 atom stereocenters. The zero-order chi connectivity index (χ0) is 12.1. The van der Waals surface area contributed by atoms with E-state index in [1.807, 2.05) is 6.07 Å². The van der Waals surface area contributed by atoms with Gasteiger partial charge in [0, 0.05) is 36.8 Å². The lowest BCUT2D eigenvalue weighted by Crippen LogP contribution is -2.43. The molecule has 1 fully saturated rings. The van der Waals surface area contributed by atoms with Gasteiger partial charge in [0.25, 0.3) is 0 Å². The van der Waals surface area contributed by atoms with Crippen LogP contribution in [0.3, 0.4) is 0 Å². The first kappa shape index (κ1) is 12.7. The summed E-state index contributed by atoms with van der Waals surface area (Å²) in [5.41, 5.74) is 7.84. The number of hydrogen-bond donors (Lipinski definition) is 3. The van der Waals surface area contributed by atoms with Gasteiger partial charge in [-0.15, -0.1) is 12.6 Å². The molecule has 17 heavy (non-hydrogen) atoms. The van der Waals surface area contributed by atoms with Crippen LogP contribution in [0.2, 0.25) is 0 Å². The molecule has 2 rings (SSSR count). The first-order valence-electron chi connectivity index (χ1n) is 6.26. The molecule has 1 heterocycles. The Balaban J connectivity index is 1.75. The average molecular weight is 251 g/mol. The second kappa shape index (κ2) is 6.28. The maximum absolute atomic E-state index is 5.74. The highest BCUT2D eigenvalue weighted by atomic mass is 32.1. The summed E-state index contributed by atoms with van der Waals surface area (Å²) in [7, 11) is 0. The minimum atomic E-state index is 0.763. The van der Waals surface area contributed by atoms with Crippen molar-refractivity contribution in [2.75, 3.05) is 38.5 Å². The van der Waals surface area contributed by atoms with Crippen molar-refractivity contribution in [1.29, 1.82) is 0 Å². The third kappa shape index (κ3) is 3.91. The van der Waals surface area contributed by atoms with E-state index in [9.17, 15) is 0 Å². The summed E-state index contributed by atoms with van der Waals surface area (Å²) in [5, 5.41) is 3.37. The molecule has 0 bridgehead atoms. The number of benzene rings is 1. The molecule has 4 heteroatoms. The van der Waals surface area contributed by atoms with E-state index in [4.69, 9.17) is 5.73 Å². The van der Waals surface area contributed by atoms with E-state index in [1.54, 1.807) is 0 Å². The van der Waals surface area contributed by atoms with Gasteiger partial charge in [-0.1, -0.05) is 6.07 Å². The van der Waals surface area contributed by atoms with Crippen molar-refractivity contribution in [3.8, 4) is 0 Å². The molecule has 0 aromatic heterocycles. The monoisotopic (exact) mass is 251 g/mol. The minimum absolute atomic E-state index is 0.763. The fraction of sp³-hybridized carbons (Fsp3) is 0.538. The van der Waals surface area contributed by atoms with Crippen LogP contribution in [0.25, 0.3) is 0 Å². The number of piperazine rings is 1. The third-order valence-electron chi connectivity index (χ3n) is 3.24. The molecular formula is C13H21N3S. The van der Waals surface area contributed by atoms with Gasteiger partial charge in [0.15, 0.2) is 0 Å². The molecule has 1 aliphatic rings. The topological polar surface area (TPSA) is 41.3 Å². The summed E-state index contributed by atoms with van der Waals surface area (Å²) in [5.74, 6) is 0. The van der Waals surface area contributed by atoms with Crippen LogP contribution in [-0.4, -0.2) is 37.6 Å². The number of aryl methyl sites for hydroxylation is 1. The number of nitrogen functional groups attached to an aromatic ring is 1. The fourth-order valence-corrected chi connectivity index (χ4v) is 2.43. The van der Waals surface area contributed by atoms with Gasteiger partial charge in [-0.05, 0) is 37.1 Å². The van der Waals surface area contributed by atoms with Crippen LogP contribution in [0.4, 0.5) is 5.69 Å². The molecule has 1 saturated heterocycles. The number of nitrogens with one attached hydrogen (secondary N) is 1. The minimum Gasteiger partial charge on any atom is -0.398 e. The Bertz CT molecular complexity index is 362. The third-order valence-corrected chi connectivity index (χ3v) is 3.63. The maximum atomic E-state index is 5.74. The number of hydrogen-bond acceptors (Lipinski definition) is 4. The molecule has 0 aliphatic carbocycles. The van der Waals surface area contributed by atoms with Crippen LogP contribution < -0.4 is 11.1 Å². The van der Waals surface area contributed by atoms with Crippen LogP contribution in [0, 0.1) is 0 Å². The number of thiol groups is 1. The van der Waals surface area contributed by atoms with Gasteiger partial charge in [0.1, 0.15) is 0 Å². The summed E-state index contributed by atoms with van der Waals surface area (Å²) in [6.45, 7) is 5.80.